The number of pyridine rings is 1. The van der Waals surface area contributed by atoms with Gasteiger partial charge in [-0.25, -0.2) is 4.98 Å². The number of aromatic nitrogens is 1. The molecular formula is C22H25ClN4O. The van der Waals surface area contributed by atoms with Crippen LogP contribution in [0.4, 0.5) is 17.2 Å². The van der Waals surface area contributed by atoms with Gasteiger partial charge in [-0.3, -0.25) is 4.79 Å². The van der Waals surface area contributed by atoms with Crippen molar-refractivity contribution in [3.8, 4) is 0 Å². The van der Waals surface area contributed by atoms with E-state index in [1.54, 1.807) is 0 Å². The van der Waals surface area contributed by atoms with Crippen LogP contribution in [0.3, 0.4) is 0 Å². The minimum atomic E-state index is -0.0250. The number of piperidine rings is 1. The van der Waals surface area contributed by atoms with Crippen molar-refractivity contribution >= 4 is 34.7 Å². The van der Waals surface area contributed by atoms with E-state index in [1.165, 1.54) is 24.1 Å². The van der Waals surface area contributed by atoms with Crippen LogP contribution in [0.25, 0.3) is 0 Å². The molecule has 4 heterocycles. The van der Waals surface area contributed by atoms with Crippen LogP contribution in [0, 0.1) is 5.92 Å². The van der Waals surface area contributed by atoms with Gasteiger partial charge in [0.05, 0.1) is 5.69 Å². The molecule has 6 heteroatoms. The first kappa shape index (κ1) is 17.8. The lowest BCUT2D eigenvalue weighted by molar-refractivity contribution is -0.117. The Bertz CT molecular complexity index is 877. The maximum Gasteiger partial charge on any atom is 0.247 e. The second kappa shape index (κ2) is 7.28. The SMILES string of the molecule is O=C1Nc2cc(CC3CCN(c4ccc(Cl)cc4)CC3)cnc2N2CCC[C@@H]12. The Kier molecular flexibility index (Phi) is 4.63. The zero-order valence-electron chi connectivity index (χ0n) is 15.9. The van der Waals surface area contributed by atoms with Crippen molar-refractivity contribution in [1.29, 1.82) is 0 Å². The monoisotopic (exact) mass is 396 g/mol. The third kappa shape index (κ3) is 3.32. The van der Waals surface area contributed by atoms with Crippen LogP contribution in [0.1, 0.15) is 31.2 Å². The summed E-state index contributed by atoms with van der Waals surface area (Å²) in [6.07, 6.45) is 7.36. The molecule has 0 aliphatic carbocycles. The van der Waals surface area contributed by atoms with Gasteiger partial charge in [0, 0.05) is 36.5 Å². The molecule has 1 aromatic carbocycles. The van der Waals surface area contributed by atoms with Crippen molar-refractivity contribution in [3.05, 3.63) is 47.1 Å². The molecule has 3 aliphatic heterocycles. The van der Waals surface area contributed by atoms with Crippen molar-refractivity contribution in [2.75, 3.05) is 34.8 Å². The van der Waals surface area contributed by atoms with Gasteiger partial charge in [0.15, 0.2) is 5.82 Å². The van der Waals surface area contributed by atoms with Gasteiger partial charge in [-0.05, 0) is 73.9 Å². The number of carbonyl (C=O) groups excluding carboxylic acids is 1. The third-order valence-corrected chi connectivity index (χ3v) is 6.59. The van der Waals surface area contributed by atoms with E-state index in [0.717, 1.165) is 55.4 Å². The molecule has 2 aromatic rings. The number of nitrogens with one attached hydrogen (secondary N) is 1. The second-order valence-electron chi connectivity index (χ2n) is 8.17. The number of hydrogen-bond donors (Lipinski definition) is 1. The molecule has 0 unspecified atom stereocenters. The molecule has 2 fully saturated rings. The van der Waals surface area contributed by atoms with Crippen LogP contribution in [0.15, 0.2) is 36.5 Å². The lowest BCUT2D eigenvalue weighted by atomic mass is 9.90. The highest BCUT2D eigenvalue weighted by Gasteiger charge is 2.37. The molecule has 2 saturated heterocycles. The summed E-state index contributed by atoms with van der Waals surface area (Å²) in [7, 11) is 0. The van der Waals surface area contributed by atoms with Gasteiger partial charge >= 0.3 is 0 Å². The normalized spacial score (nSPS) is 22.0. The van der Waals surface area contributed by atoms with Crippen LogP contribution in [0.5, 0.6) is 0 Å². The predicted octanol–water partition coefficient (Wildman–Crippen LogP) is 4.12. The maximum atomic E-state index is 12.3. The molecule has 1 N–H and O–H groups in total. The standard InChI is InChI=1S/C22H25ClN4O/c23-17-3-5-18(6-4-17)26-10-7-15(8-11-26)12-16-13-19-21(24-14-16)27-9-1-2-20(27)22(28)25-19/h3-6,13-15,20H,1-2,7-12H2,(H,25,28)/t20-/m0/s1. The Balaban J connectivity index is 1.23. The molecule has 0 bridgehead atoms. The zero-order valence-corrected chi connectivity index (χ0v) is 16.7. The second-order valence-corrected chi connectivity index (χ2v) is 8.60. The average Bonchev–Trinajstić information content (AvgIpc) is 3.20. The van der Waals surface area contributed by atoms with Crippen molar-refractivity contribution in [1.82, 2.24) is 4.98 Å². The Hall–Kier alpha value is -2.27. The summed E-state index contributed by atoms with van der Waals surface area (Å²) >= 11 is 6.00. The highest BCUT2D eigenvalue weighted by Crippen LogP contribution is 2.36. The largest absolute Gasteiger partial charge is 0.372 e. The van der Waals surface area contributed by atoms with E-state index in [4.69, 9.17) is 16.6 Å². The number of hydrogen-bond acceptors (Lipinski definition) is 4. The van der Waals surface area contributed by atoms with Crippen LogP contribution in [0.2, 0.25) is 5.02 Å². The van der Waals surface area contributed by atoms with Crippen molar-refractivity contribution in [3.63, 3.8) is 0 Å². The molecule has 0 saturated carbocycles. The number of benzene rings is 1. The molecule has 146 valence electrons. The summed E-state index contributed by atoms with van der Waals surface area (Å²) in [6, 6.07) is 10.2. The van der Waals surface area contributed by atoms with Gasteiger partial charge in [-0.1, -0.05) is 11.6 Å². The minimum Gasteiger partial charge on any atom is -0.372 e. The Morgan fingerprint density at radius 2 is 1.89 bits per heavy atom. The fourth-order valence-electron chi connectivity index (χ4n) is 4.82. The summed E-state index contributed by atoms with van der Waals surface area (Å²) in [6.45, 7) is 3.06. The number of rotatable bonds is 3. The van der Waals surface area contributed by atoms with Gasteiger partial charge < -0.3 is 15.1 Å². The highest BCUT2D eigenvalue weighted by atomic mass is 35.5. The Labute approximate surface area is 170 Å². The fraction of sp³-hybridized carbons (Fsp3) is 0.455. The summed E-state index contributed by atoms with van der Waals surface area (Å²) in [5.41, 5.74) is 3.36. The smallest absolute Gasteiger partial charge is 0.247 e. The quantitative estimate of drug-likeness (QED) is 0.847. The first-order chi connectivity index (χ1) is 13.7. The lowest BCUT2D eigenvalue weighted by Crippen LogP contribution is -2.44. The molecule has 0 spiro atoms. The number of halogens is 1. The van der Waals surface area contributed by atoms with Gasteiger partial charge in [0.2, 0.25) is 5.91 Å². The Morgan fingerprint density at radius 3 is 2.68 bits per heavy atom. The van der Waals surface area contributed by atoms with E-state index < -0.39 is 0 Å². The number of amides is 1. The van der Waals surface area contributed by atoms with E-state index in [-0.39, 0.29) is 11.9 Å². The van der Waals surface area contributed by atoms with Gasteiger partial charge in [-0.2, -0.15) is 0 Å². The highest BCUT2D eigenvalue weighted by molar-refractivity contribution is 6.30. The fourth-order valence-corrected chi connectivity index (χ4v) is 4.95. The van der Waals surface area contributed by atoms with E-state index in [2.05, 4.69) is 33.3 Å². The molecule has 3 aliphatic rings. The minimum absolute atomic E-state index is 0.0250. The molecule has 5 nitrogen and oxygen atoms in total. The van der Waals surface area contributed by atoms with Crippen LogP contribution in [-0.4, -0.2) is 36.6 Å². The summed E-state index contributed by atoms with van der Waals surface area (Å²) < 4.78 is 0. The first-order valence-corrected chi connectivity index (χ1v) is 10.6. The maximum absolute atomic E-state index is 12.3. The summed E-state index contributed by atoms with van der Waals surface area (Å²) in [4.78, 5) is 21.7. The van der Waals surface area contributed by atoms with Crippen LogP contribution >= 0.6 is 11.6 Å². The third-order valence-electron chi connectivity index (χ3n) is 6.34. The van der Waals surface area contributed by atoms with E-state index >= 15 is 0 Å². The molecule has 0 radical (unpaired) electrons. The van der Waals surface area contributed by atoms with E-state index in [0.29, 0.717) is 5.92 Å². The molecule has 1 amide bonds. The lowest BCUT2D eigenvalue weighted by Gasteiger charge is -2.34. The van der Waals surface area contributed by atoms with Crippen molar-refractivity contribution < 1.29 is 4.79 Å². The molecule has 5 rings (SSSR count). The number of anilines is 3. The van der Waals surface area contributed by atoms with E-state index in [9.17, 15) is 4.79 Å². The average molecular weight is 397 g/mol. The predicted molar refractivity (Wildman–Crippen MR) is 113 cm³/mol. The van der Waals surface area contributed by atoms with Gasteiger partial charge in [-0.15, -0.1) is 0 Å². The number of carbonyl (C=O) groups is 1. The van der Waals surface area contributed by atoms with Gasteiger partial charge in [0.25, 0.3) is 0 Å². The Morgan fingerprint density at radius 1 is 1.11 bits per heavy atom. The van der Waals surface area contributed by atoms with Crippen LogP contribution < -0.4 is 15.1 Å². The summed E-state index contributed by atoms with van der Waals surface area (Å²) in [5, 5.41) is 3.86. The number of nitrogens with zero attached hydrogens (tertiary/aromatic N) is 3. The van der Waals surface area contributed by atoms with E-state index in [1.807, 2.05) is 18.3 Å². The van der Waals surface area contributed by atoms with Crippen molar-refractivity contribution in [2.24, 2.45) is 5.92 Å². The molecule has 1 atom stereocenters. The van der Waals surface area contributed by atoms with Crippen molar-refractivity contribution in [2.45, 2.75) is 38.1 Å². The molecular weight excluding hydrogens is 372 g/mol. The molecule has 1 aromatic heterocycles. The number of fused-ring (bicyclic) bond motifs is 3. The zero-order chi connectivity index (χ0) is 19.1. The van der Waals surface area contributed by atoms with Gasteiger partial charge in [0.1, 0.15) is 6.04 Å². The summed E-state index contributed by atoms with van der Waals surface area (Å²) in [5.74, 6) is 1.73. The molecule has 28 heavy (non-hydrogen) atoms. The first-order valence-electron chi connectivity index (χ1n) is 10.2. The topological polar surface area (TPSA) is 48.5 Å². The van der Waals surface area contributed by atoms with Crippen LogP contribution in [-0.2, 0) is 11.2 Å².